The molecule has 1 N–H and O–H groups in total. The van der Waals surface area contributed by atoms with Crippen molar-refractivity contribution in [3.63, 3.8) is 0 Å². The van der Waals surface area contributed by atoms with Gasteiger partial charge in [-0.1, -0.05) is 13.8 Å². The first-order valence-electron chi connectivity index (χ1n) is 5.04. The van der Waals surface area contributed by atoms with Crippen molar-refractivity contribution in [1.29, 1.82) is 0 Å². The highest BCUT2D eigenvalue weighted by molar-refractivity contribution is 5.80. The molecule has 0 spiro atoms. The fourth-order valence-corrected chi connectivity index (χ4v) is 1.79. The first-order valence-corrected chi connectivity index (χ1v) is 5.04. The van der Waals surface area contributed by atoms with E-state index in [1.165, 1.54) is 11.9 Å². The van der Waals surface area contributed by atoms with Crippen molar-refractivity contribution in [2.24, 2.45) is 5.41 Å². The van der Waals surface area contributed by atoms with Crippen LogP contribution in [0.15, 0.2) is 0 Å². The second-order valence-corrected chi connectivity index (χ2v) is 4.87. The Morgan fingerprint density at radius 1 is 1.47 bits per heavy atom. The maximum atomic E-state index is 11.8. The summed E-state index contributed by atoms with van der Waals surface area (Å²) in [7, 11) is 1.52. The topological polar surface area (TPSA) is 60.9 Å². The Morgan fingerprint density at radius 2 is 2.07 bits per heavy atom. The number of likely N-dealkylation sites (tertiary alicyclic amines) is 1. The van der Waals surface area contributed by atoms with Gasteiger partial charge in [-0.05, 0) is 11.8 Å². The molecule has 2 amide bonds. The van der Waals surface area contributed by atoms with E-state index in [2.05, 4.69) is 13.8 Å². The van der Waals surface area contributed by atoms with E-state index >= 15 is 0 Å². The van der Waals surface area contributed by atoms with E-state index in [4.69, 9.17) is 5.11 Å². The number of hydrogen-bond acceptors (Lipinski definition) is 2. The maximum Gasteiger partial charge on any atom is 0.323 e. The summed E-state index contributed by atoms with van der Waals surface area (Å²) in [6.45, 7) is 5.40. The minimum Gasteiger partial charge on any atom is -0.480 e. The van der Waals surface area contributed by atoms with Gasteiger partial charge in [0.05, 0.1) is 0 Å². The average Bonchev–Trinajstić information content (AvgIpc) is 2.43. The van der Waals surface area contributed by atoms with E-state index < -0.39 is 5.97 Å². The molecule has 0 aromatic carbocycles. The lowest BCUT2D eigenvalue weighted by atomic mass is 9.93. The van der Waals surface area contributed by atoms with Crippen molar-refractivity contribution in [3.05, 3.63) is 0 Å². The van der Waals surface area contributed by atoms with Gasteiger partial charge in [-0.25, -0.2) is 4.79 Å². The molecule has 0 radical (unpaired) electrons. The van der Waals surface area contributed by atoms with E-state index in [-0.39, 0.29) is 18.0 Å². The van der Waals surface area contributed by atoms with E-state index in [1.807, 2.05) is 0 Å². The summed E-state index contributed by atoms with van der Waals surface area (Å²) in [5.41, 5.74) is 0.153. The van der Waals surface area contributed by atoms with Gasteiger partial charge in [-0.2, -0.15) is 0 Å². The zero-order chi connectivity index (χ0) is 11.6. The fourth-order valence-electron chi connectivity index (χ4n) is 1.79. The van der Waals surface area contributed by atoms with Crippen LogP contribution in [-0.2, 0) is 4.79 Å². The molecule has 0 aromatic rings. The summed E-state index contributed by atoms with van der Waals surface area (Å²) in [5, 5.41) is 8.57. The molecule has 15 heavy (non-hydrogen) atoms. The van der Waals surface area contributed by atoms with Crippen LogP contribution < -0.4 is 0 Å². The Morgan fingerprint density at radius 3 is 2.47 bits per heavy atom. The van der Waals surface area contributed by atoms with Gasteiger partial charge < -0.3 is 14.9 Å². The van der Waals surface area contributed by atoms with Crippen LogP contribution in [0.2, 0.25) is 0 Å². The Kier molecular flexibility index (Phi) is 3.21. The molecule has 1 heterocycles. The van der Waals surface area contributed by atoms with E-state index in [0.717, 1.165) is 13.0 Å². The SMILES string of the molecule is CN(CC(=O)O)C(=O)N1CCC(C)(C)C1. The number of hydrogen-bond donors (Lipinski definition) is 1. The van der Waals surface area contributed by atoms with Gasteiger partial charge in [-0.15, -0.1) is 0 Å². The van der Waals surface area contributed by atoms with Crippen LogP contribution in [0.5, 0.6) is 0 Å². The number of aliphatic carboxylic acids is 1. The molecule has 0 aromatic heterocycles. The van der Waals surface area contributed by atoms with Crippen molar-refractivity contribution < 1.29 is 14.7 Å². The van der Waals surface area contributed by atoms with Crippen LogP contribution in [0.1, 0.15) is 20.3 Å². The first kappa shape index (κ1) is 11.8. The molecule has 1 aliphatic heterocycles. The van der Waals surface area contributed by atoms with Crippen molar-refractivity contribution in [2.45, 2.75) is 20.3 Å². The number of likely N-dealkylation sites (N-methyl/N-ethyl adjacent to an activating group) is 1. The summed E-state index contributed by atoms with van der Waals surface area (Å²) < 4.78 is 0. The van der Waals surface area contributed by atoms with Gasteiger partial charge in [-0.3, -0.25) is 4.79 Å². The first-order chi connectivity index (χ1) is 6.82. The highest BCUT2D eigenvalue weighted by Crippen LogP contribution is 2.29. The van der Waals surface area contributed by atoms with Crippen molar-refractivity contribution in [2.75, 3.05) is 26.7 Å². The molecule has 5 heteroatoms. The molecule has 86 valence electrons. The lowest BCUT2D eigenvalue weighted by Gasteiger charge is -2.24. The summed E-state index contributed by atoms with van der Waals surface area (Å²) in [6, 6.07) is -0.192. The highest BCUT2D eigenvalue weighted by atomic mass is 16.4. The summed E-state index contributed by atoms with van der Waals surface area (Å²) in [5.74, 6) is -0.982. The number of rotatable bonds is 2. The summed E-state index contributed by atoms with van der Waals surface area (Å²) in [6.07, 6.45) is 0.972. The minimum absolute atomic E-state index is 0.153. The second kappa shape index (κ2) is 4.08. The quantitative estimate of drug-likeness (QED) is 0.741. The van der Waals surface area contributed by atoms with Crippen LogP contribution >= 0.6 is 0 Å². The van der Waals surface area contributed by atoms with Crippen molar-refractivity contribution in [1.82, 2.24) is 9.80 Å². The highest BCUT2D eigenvalue weighted by Gasteiger charge is 2.33. The minimum atomic E-state index is -0.982. The van der Waals surface area contributed by atoms with Crippen LogP contribution in [0.3, 0.4) is 0 Å². The molecule has 1 rings (SSSR count). The normalized spacial score (nSPS) is 19.0. The molecule has 1 fully saturated rings. The molecule has 0 bridgehead atoms. The third-order valence-electron chi connectivity index (χ3n) is 2.65. The second-order valence-electron chi connectivity index (χ2n) is 4.87. The third-order valence-corrected chi connectivity index (χ3v) is 2.65. The molecule has 5 nitrogen and oxygen atoms in total. The van der Waals surface area contributed by atoms with E-state index in [9.17, 15) is 9.59 Å². The van der Waals surface area contributed by atoms with Crippen LogP contribution in [0, 0.1) is 5.41 Å². The van der Waals surface area contributed by atoms with Crippen molar-refractivity contribution >= 4 is 12.0 Å². The Labute approximate surface area is 89.7 Å². The fraction of sp³-hybridized carbons (Fsp3) is 0.800. The zero-order valence-electron chi connectivity index (χ0n) is 9.49. The summed E-state index contributed by atoms with van der Waals surface area (Å²) in [4.78, 5) is 25.2. The smallest absolute Gasteiger partial charge is 0.323 e. The maximum absolute atomic E-state index is 11.8. The van der Waals surface area contributed by atoms with Crippen molar-refractivity contribution in [3.8, 4) is 0 Å². The number of amides is 2. The monoisotopic (exact) mass is 214 g/mol. The number of carbonyl (C=O) groups is 2. The standard InChI is InChI=1S/C10H18N2O3/c1-10(2)4-5-12(7-10)9(15)11(3)6-8(13)14/h4-7H2,1-3H3,(H,13,14). The zero-order valence-corrected chi connectivity index (χ0v) is 9.49. The van der Waals surface area contributed by atoms with Gasteiger partial charge in [0.1, 0.15) is 6.54 Å². The van der Waals surface area contributed by atoms with Gasteiger partial charge in [0.25, 0.3) is 0 Å². The van der Waals surface area contributed by atoms with Crippen LogP contribution in [0.25, 0.3) is 0 Å². The van der Waals surface area contributed by atoms with Gasteiger partial charge in [0, 0.05) is 20.1 Å². The molecule has 1 saturated heterocycles. The molecule has 0 aliphatic carbocycles. The lowest BCUT2D eigenvalue weighted by molar-refractivity contribution is -0.137. The predicted molar refractivity (Wildman–Crippen MR) is 55.6 cm³/mol. The summed E-state index contributed by atoms with van der Waals surface area (Å²) >= 11 is 0. The molecular weight excluding hydrogens is 196 g/mol. The molecule has 0 unspecified atom stereocenters. The number of carboxylic acid groups (broad SMARTS) is 1. The van der Waals surface area contributed by atoms with Gasteiger partial charge >= 0.3 is 12.0 Å². The lowest BCUT2D eigenvalue weighted by Crippen LogP contribution is -2.42. The van der Waals surface area contributed by atoms with E-state index in [1.54, 1.807) is 4.90 Å². The van der Waals surface area contributed by atoms with Crippen LogP contribution in [-0.4, -0.2) is 53.6 Å². The number of carboxylic acids is 1. The average molecular weight is 214 g/mol. The number of urea groups is 1. The Hall–Kier alpha value is -1.26. The predicted octanol–water partition coefficient (Wildman–Crippen LogP) is 0.855. The number of nitrogens with zero attached hydrogens (tertiary/aromatic N) is 2. The molecule has 1 aliphatic rings. The molecule has 0 saturated carbocycles. The Balaban J connectivity index is 2.51. The molecular formula is C10H18N2O3. The molecule has 0 atom stereocenters. The van der Waals surface area contributed by atoms with E-state index in [0.29, 0.717) is 6.54 Å². The largest absolute Gasteiger partial charge is 0.480 e. The van der Waals surface area contributed by atoms with Crippen LogP contribution in [0.4, 0.5) is 4.79 Å². The third kappa shape index (κ3) is 3.11. The Bertz CT molecular complexity index is 276. The number of carbonyl (C=O) groups excluding carboxylic acids is 1. The van der Waals surface area contributed by atoms with Gasteiger partial charge in [0.15, 0.2) is 0 Å². The van der Waals surface area contributed by atoms with Gasteiger partial charge in [0.2, 0.25) is 0 Å².